The Morgan fingerprint density at radius 2 is 2.00 bits per heavy atom. The number of aliphatic hydroxyl groups excluding tert-OH is 1. The molecule has 6 nitrogen and oxygen atoms in total. The number of nitrogens with one attached hydrogen (secondary N) is 1. The van der Waals surface area contributed by atoms with Crippen LogP contribution in [-0.2, 0) is 0 Å². The van der Waals surface area contributed by atoms with Gasteiger partial charge >= 0.3 is 0 Å². The number of rotatable bonds is 3. The summed E-state index contributed by atoms with van der Waals surface area (Å²) in [5, 5.41) is 35.2. The summed E-state index contributed by atoms with van der Waals surface area (Å²) in [4.78, 5) is 9.82. The standard InChI is InChI=1S/C10H6ClN3O3/c11-10(13)8(5-12)9(15)6-1-3-7(4-2-6)14(16)17/h1-4,13,15H/b9-8-,13-10?. The van der Waals surface area contributed by atoms with Gasteiger partial charge in [-0.05, 0) is 12.1 Å². The summed E-state index contributed by atoms with van der Waals surface area (Å²) in [6.45, 7) is 0. The lowest BCUT2D eigenvalue weighted by atomic mass is 10.1. The third kappa shape index (κ3) is 2.80. The fourth-order valence-corrected chi connectivity index (χ4v) is 1.22. The molecule has 0 bridgehead atoms. The Balaban J connectivity index is 3.22. The zero-order valence-electron chi connectivity index (χ0n) is 8.35. The molecule has 0 radical (unpaired) electrons. The Kier molecular flexibility index (Phi) is 3.80. The van der Waals surface area contributed by atoms with E-state index < -0.39 is 15.9 Å². The fraction of sp³-hybridized carbons (Fsp3) is 0. The molecular weight excluding hydrogens is 246 g/mol. The normalized spacial score (nSPS) is 11.3. The average molecular weight is 252 g/mol. The maximum absolute atomic E-state index is 10.4. The van der Waals surface area contributed by atoms with Gasteiger partial charge in [0.05, 0.1) is 4.92 Å². The quantitative estimate of drug-likeness (QED) is 0.283. The number of allylic oxidation sites excluding steroid dienone is 1. The number of nitriles is 1. The molecule has 1 rings (SSSR count). The van der Waals surface area contributed by atoms with Crippen LogP contribution < -0.4 is 0 Å². The van der Waals surface area contributed by atoms with Gasteiger partial charge in [0.25, 0.3) is 5.69 Å². The molecule has 1 aromatic rings. The van der Waals surface area contributed by atoms with Crippen molar-refractivity contribution in [1.29, 1.82) is 10.7 Å². The van der Waals surface area contributed by atoms with Crippen LogP contribution in [0.3, 0.4) is 0 Å². The van der Waals surface area contributed by atoms with Crippen molar-refractivity contribution in [3.8, 4) is 6.07 Å². The fourth-order valence-electron chi connectivity index (χ4n) is 1.09. The highest BCUT2D eigenvalue weighted by Gasteiger charge is 2.12. The van der Waals surface area contributed by atoms with Crippen LogP contribution in [0.1, 0.15) is 5.56 Å². The van der Waals surface area contributed by atoms with E-state index in [0.717, 1.165) is 0 Å². The second-order valence-electron chi connectivity index (χ2n) is 2.95. The maximum Gasteiger partial charge on any atom is 0.269 e. The van der Waals surface area contributed by atoms with E-state index in [0.29, 0.717) is 0 Å². The first-order valence-corrected chi connectivity index (χ1v) is 4.67. The molecule has 0 fully saturated rings. The topological polar surface area (TPSA) is 111 Å². The van der Waals surface area contributed by atoms with Crippen molar-refractivity contribution >= 4 is 28.2 Å². The van der Waals surface area contributed by atoms with Crippen LogP contribution in [-0.4, -0.2) is 15.2 Å². The van der Waals surface area contributed by atoms with Crippen LogP contribution in [0.4, 0.5) is 5.69 Å². The molecule has 0 aliphatic rings. The largest absolute Gasteiger partial charge is 0.506 e. The van der Waals surface area contributed by atoms with Crippen LogP contribution in [0, 0.1) is 26.9 Å². The molecule has 0 heterocycles. The Hall–Kier alpha value is -2.39. The Bertz CT molecular complexity index is 543. The van der Waals surface area contributed by atoms with Crippen molar-refractivity contribution in [2.75, 3.05) is 0 Å². The SMILES string of the molecule is N#C/C(C(=N)Cl)=C(/O)c1ccc([N+](=O)[O-])cc1. The van der Waals surface area contributed by atoms with E-state index in [-0.39, 0.29) is 16.8 Å². The van der Waals surface area contributed by atoms with E-state index in [2.05, 4.69) is 0 Å². The van der Waals surface area contributed by atoms with Gasteiger partial charge in [-0.3, -0.25) is 15.5 Å². The van der Waals surface area contributed by atoms with E-state index in [4.69, 9.17) is 22.3 Å². The molecular formula is C10H6ClN3O3. The second kappa shape index (κ2) is 5.09. The lowest BCUT2D eigenvalue weighted by Crippen LogP contribution is -1.96. The second-order valence-corrected chi connectivity index (χ2v) is 3.33. The number of nitro benzene ring substituents is 1. The average Bonchev–Trinajstić information content (AvgIpc) is 2.29. The predicted molar refractivity (Wildman–Crippen MR) is 61.8 cm³/mol. The number of aliphatic hydroxyl groups is 1. The molecule has 1 aromatic carbocycles. The van der Waals surface area contributed by atoms with Gasteiger partial charge in [-0.25, -0.2) is 0 Å². The third-order valence-electron chi connectivity index (χ3n) is 1.92. The van der Waals surface area contributed by atoms with Crippen molar-refractivity contribution in [2.24, 2.45) is 0 Å². The van der Waals surface area contributed by atoms with Crippen molar-refractivity contribution < 1.29 is 10.0 Å². The van der Waals surface area contributed by atoms with Gasteiger partial charge in [-0.2, -0.15) is 5.26 Å². The number of hydrogen-bond donors (Lipinski definition) is 2. The molecule has 0 aliphatic heterocycles. The number of nitro groups is 1. The Morgan fingerprint density at radius 1 is 1.47 bits per heavy atom. The molecule has 0 aromatic heterocycles. The van der Waals surface area contributed by atoms with Crippen molar-refractivity contribution in [2.45, 2.75) is 0 Å². The summed E-state index contributed by atoms with van der Waals surface area (Å²) >= 11 is 5.31. The number of halogens is 1. The summed E-state index contributed by atoms with van der Waals surface area (Å²) in [6.07, 6.45) is 0. The highest BCUT2D eigenvalue weighted by atomic mass is 35.5. The molecule has 7 heteroatoms. The van der Waals surface area contributed by atoms with E-state index in [1.807, 2.05) is 0 Å². The van der Waals surface area contributed by atoms with Crippen molar-refractivity contribution in [1.82, 2.24) is 0 Å². The minimum atomic E-state index is -0.594. The van der Waals surface area contributed by atoms with Crippen molar-refractivity contribution in [3.05, 3.63) is 45.5 Å². The van der Waals surface area contributed by atoms with Crippen LogP contribution in [0.25, 0.3) is 5.76 Å². The summed E-state index contributed by atoms with van der Waals surface area (Å²) in [7, 11) is 0. The molecule has 2 N–H and O–H groups in total. The van der Waals surface area contributed by atoms with Crippen LogP contribution in [0.2, 0.25) is 0 Å². The van der Waals surface area contributed by atoms with E-state index in [9.17, 15) is 15.2 Å². The predicted octanol–water partition coefficient (Wildman–Crippen LogP) is 2.60. The summed E-state index contributed by atoms with van der Waals surface area (Å²) in [5.74, 6) is -0.484. The van der Waals surface area contributed by atoms with Gasteiger partial charge in [-0.15, -0.1) is 0 Å². The molecule has 0 unspecified atom stereocenters. The number of nitrogens with zero attached hydrogens (tertiary/aromatic N) is 2. The lowest BCUT2D eigenvalue weighted by Gasteiger charge is -2.01. The highest BCUT2D eigenvalue weighted by Crippen LogP contribution is 2.20. The first-order valence-electron chi connectivity index (χ1n) is 4.30. The number of hydrogen-bond acceptors (Lipinski definition) is 5. The molecule has 17 heavy (non-hydrogen) atoms. The Labute approximate surface area is 101 Å². The minimum Gasteiger partial charge on any atom is -0.506 e. The summed E-state index contributed by atoms with van der Waals surface area (Å²) < 4.78 is 0. The molecule has 0 saturated carbocycles. The van der Waals surface area contributed by atoms with E-state index in [1.54, 1.807) is 6.07 Å². The molecule has 0 spiro atoms. The van der Waals surface area contributed by atoms with Crippen LogP contribution >= 0.6 is 11.6 Å². The first-order chi connectivity index (χ1) is 7.97. The zero-order valence-corrected chi connectivity index (χ0v) is 9.10. The minimum absolute atomic E-state index is 0.138. The molecule has 0 saturated heterocycles. The third-order valence-corrected chi connectivity index (χ3v) is 2.11. The van der Waals surface area contributed by atoms with Crippen LogP contribution in [0.5, 0.6) is 0 Å². The number of non-ortho nitro benzene ring substituents is 1. The molecule has 86 valence electrons. The Morgan fingerprint density at radius 3 is 2.35 bits per heavy atom. The highest BCUT2D eigenvalue weighted by molar-refractivity contribution is 6.69. The zero-order chi connectivity index (χ0) is 13.0. The molecule has 0 aliphatic carbocycles. The van der Waals surface area contributed by atoms with Gasteiger partial charge in [0.15, 0.2) is 0 Å². The molecule has 0 amide bonds. The van der Waals surface area contributed by atoms with Gasteiger partial charge in [0.1, 0.15) is 22.6 Å². The van der Waals surface area contributed by atoms with Gasteiger partial charge < -0.3 is 5.11 Å². The van der Waals surface area contributed by atoms with Gasteiger partial charge in [-0.1, -0.05) is 11.6 Å². The van der Waals surface area contributed by atoms with Crippen LogP contribution in [0.15, 0.2) is 29.8 Å². The monoisotopic (exact) mass is 251 g/mol. The van der Waals surface area contributed by atoms with E-state index >= 15 is 0 Å². The van der Waals surface area contributed by atoms with Gasteiger partial charge in [0.2, 0.25) is 0 Å². The molecule has 0 atom stereocenters. The maximum atomic E-state index is 10.4. The smallest absolute Gasteiger partial charge is 0.269 e. The van der Waals surface area contributed by atoms with Crippen molar-refractivity contribution in [3.63, 3.8) is 0 Å². The summed E-state index contributed by atoms with van der Waals surface area (Å²) in [5.41, 5.74) is -0.348. The number of benzene rings is 1. The van der Waals surface area contributed by atoms with E-state index in [1.165, 1.54) is 24.3 Å². The lowest BCUT2D eigenvalue weighted by molar-refractivity contribution is -0.384. The van der Waals surface area contributed by atoms with Gasteiger partial charge in [0, 0.05) is 17.7 Å². The summed E-state index contributed by atoms with van der Waals surface area (Å²) in [6, 6.07) is 6.47. The first kappa shape index (κ1) is 12.7.